The smallest absolute Gasteiger partial charge is 0.410 e. The van der Waals surface area contributed by atoms with E-state index in [0.29, 0.717) is 19.7 Å². The first kappa shape index (κ1) is 21.3. The van der Waals surface area contributed by atoms with Gasteiger partial charge in [-0.05, 0) is 57.4 Å². The maximum absolute atomic E-state index is 12.6. The predicted molar refractivity (Wildman–Crippen MR) is 124 cm³/mol. The number of aromatic nitrogens is 1. The molecule has 0 fully saturated rings. The van der Waals surface area contributed by atoms with Gasteiger partial charge in [-0.3, -0.25) is 0 Å². The van der Waals surface area contributed by atoms with Crippen LogP contribution in [0.25, 0.3) is 10.9 Å². The van der Waals surface area contributed by atoms with Crippen LogP contribution in [0.4, 0.5) is 4.79 Å². The van der Waals surface area contributed by atoms with E-state index in [1.54, 1.807) is 0 Å². The number of fused-ring (bicyclic) bond motifs is 3. The number of benzene rings is 2. The molecule has 1 aliphatic heterocycles. The highest BCUT2D eigenvalue weighted by Gasteiger charge is 2.27. The molecule has 1 amide bonds. The molecule has 4 rings (SSSR count). The summed E-state index contributed by atoms with van der Waals surface area (Å²) >= 11 is 0. The Morgan fingerprint density at radius 1 is 0.968 bits per heavy atom. The molecule has 0 spiro atoms. The van der Waals surface area contributed by atoms with E-state index in [2.05, 4.69) is 28.8 Å². The SMILES string of the molecule is CC(C)(C)OC(=O)N1CCc2c(n(CCCOc3ccccc3)c3ccccc23)CC1. The van der Waals surface area contributed by atoms with Crippen LogP contribution in [0.5, 0.6) is 5.75 Å². The van der Waals surface area contributed by atoms with Crippen molar-refractivity contribution in [3.8, 4) is 5.75 Å². The summed E-state index contributed by atoms with van der Waals surface area (Å²) < 4.78 is 13.9. The van der Waals surface area contributed by atoms with Crippen molar-refractivity contribution < 1.29 is 14.3 Å². The molecule has 0 atom stereocenters. The third-order valence-corrected chi connectivity index (χ3v) is 5.63. The van der Waals surface area contributed by atoms with Gasteiger partial charge >= 0.3 is 6.09 Å². The van der Waals surface area contributed by atoms with Gasteiger partial charge in [0.1, 0.15) is 11.4 Å². The van der Waals surface area contributed by atoms with Crippen molar-refractivity contribution in [3.05, 3.63) is 65.9 Å². The lowest BCUT2D eigenvalue weighted by Gasteiger charge is -2.26. The Balaban J connectivity index is 1.49. The molecule has 0 bridgehead atoms. The molecule has 1 aliphatic rings. The first-order chi connectivity index (χ1) is 14.9. The van der Waals surface area contributed by atoms with Gasteiger partial charge in [0.25, 0.3) is 0 Å². The second-order valence-corrected chi connectivity index (χ2v) is 9.08. The van der Waals surface area contributed by atoms with Gasteiger partial charge in [0.15, 0.2) is 0 Å². The van der Waals surface area contributed by atoms with Gasteiger partial charge in [-0.2, -0.15) is 0 Å². The Labute approximate surface area is 184 Å². The molecule has 3 aromatic rings. The largest absolute Gasteiger partial charge is 0.494 e. The van der Waals surface area contributed by atoms with E-state index in [4.69, 9.17) is 9.47 Å². The number of carbonyl (C=O) groups is 1. The van der Waals surface area contributed by atoms with Gasteiger partial charge in [0.2, 0.25) is 0 Å². The highest BCUT2D eigenvalue weighted by molar-refractivity contribution is 5.86. The summed E-state index contributed by atoms with van der Waals surface area (Å²) in [6.07, 6.45) is 2.39. The molecule has 0 aliphatic carbocycles. The summed E-state index contributed by atoms with van der Waals surface area (Å²) in [6, 6.07) is 18.6. The van der Waals surface area contributed by atoms with Gasteiger partial charge in [-0.25, -0.2) is 4.79 Å². The molecule has 5 nitrogen and oxygen atoms in total. The summed E-state index contributed by atoms with van der Waals surface area (Å²) in [5.41, 5.74) is 3.51. The van der Waals surface area contributed by atoms with Crippen LogP contribution in [-0.2, 0) is 24.1 Å². The standard InChI is InChI=1S/C26H32N2O3/c1-26(2,3)31-25(29)27-17-14-22-21-12-7-8-13-23(21)28(24(22)15-18-27)16-9-19-30-20-10-5-4-6-11-20/h4-8,10-13H,9,14-19H2,1-3H3. The monoisotopic (exact) mass is 420 g/mol. The molecule has 0 unspecified atom stereocenters. The summed E-state index contributed by atoms with van der Waals surface area (Å²) in [6.45, 7) is 8.68. The first-order valence-electron chi connectivity index (χ1n) is 11.2. The van der Waals surface area contributed by atoms with E-state index in [1.165, 1.54) is 22.2 Å². The summed E-state index contributed by atoms with van der Waals surface area (Å²) in [5, 5.41) is 1.30. The predicted octanol–water partition coefficient (Wildman–Crippen LogP) is 5.45. The van der Waals surface area contributed by atoms with Crippen molar-refractivity contribution in [1.82, 2.24) is 9.47 Å². The third-order valence-electron chi connectivity index (χ3n) is 5.63. The average molecular weight is 421 g/mol. The lowest BCUT2D eigenvalue weighted by atomic mass is 10.1. The van der Waals surface area contributed by atoms with Crippen molar-refractivity contribution >= 4 is 17.0 Å². The minimum absolute atomic E-state index is 0.218. The molecule has 31 heavy (non-hydrogen) atoms. The number of amides is 1. The molecule has 1 aromatic heterocycles. The molecule has 5 heteroatoms. The number of hydrogen-bond donors (Lipinski definition) is 0. The van der Waals surface area contributed by atoms with Crippen LogP contribution in [0.1, 0.15) is 38.4 Å². The van der Waals surface area contributed by atoms with Crippen LogP contribution in [0, 0.1) is 0 Å². The van der Waals surface area contributed by atoms with Gasteiger partial charge in [0.05, 0.1) is 6.61 Å². The quantitative estimate of drug-likeness (QED) is 0.516. The normalized spacial score (nSPS) is 14.2. The van der Waals surface area contributed by atoms with Crippen LogP contribution < -0.4 is 4.74 Å². The molecule has 0 saturated carbocycles. The zero-order valence-electron chi connectivity index (χ0n) is 18.8. The zero-order valence-corrected chi connectivity index (χ0v) is 18.8. The topological polar surface area (TPSA) is 43.7 Å². The molecule has 2 aromatic carbocycles. The Morgan fingerprint density at radius 3 is 2.45 bits per heavy atom. The number of carbonyl (C=O) groups excluding carboxylic acids is 1. The number of para-hydroxylation sites is 2. The van der Waals surface area contributed by atoms with Gasteiger partial charge in [-0.15, -0.1) is 0 Å². The van der Waals surface area contributed by atoms with Crippen molar-refractivity contribution in [2.24, 2.45) is 0 Å². The summed E-state index contributed by atoms with van der Waals surface area (Å²) in [4.78, 5) is 14.5. The Hall–Kier alpha value is -2.95. The van der Waals surface area contributed by atoms with Gasteiger partial charge in [0, 0.05) is 42.7 Å². The Bertz CT molecular complexity index is 1030. The third kappa shape index (κ3) is 5.04. The zero-order chi connectivity index (χ0) is 21.8. The fourth-order valence-corrected chi connectivity index (χ4v) is 4.29. The maximum Gasteiger partial charge on any atom is 0.410 e. The van der Waals surface area contributed by atoms with Crippen LogP contribution in [-0.4, -0.2) is 40.9 Å². The second-order valence-electron chi connectivity index (χ2n) is 9.08. The maximum atomic E-state index is 12.6. The van der Waals surface area contributed by atoms with Crippen LogP contribution >= 0.6 is 0 Å². The van der Waals surface area contributed by atoms with E-state index in [9.17, 15) is 4.79 Å². The fraction of sp³-hybridized carbons (Fsp3) is 0.423. The van der Waals surface area contributed by atoms with Crippen LogP contribution in [0.3, 0.4) is 0 Å². The lowest BCUT2D eigenvalue weighted by molar-refractivity contribution is 0.0258. The second kappa shape index (κ2) is 9.04. The van der Waals surface area contributed by atoms with Gasteiger partial charge in [-0.1, -0.05) is 36.4 Å². The lowest BCUT2D eigenvalue weighted by Crippen LogP contribution is -2.38. The van der Waals surface area contributed by atoms with Crippen molar-refractivity contribution in [1.29, 1.82) is 0 Å². The number of hydrogen-bond acceptors (Lipinski definition) is 3. The minimum atomic E-state index is -0.475. The number of nitrogens with zero attached hydrogens (tertiary/aromatic N) is 2. The van der Waals surface area contributed by atoms with Crippen molar-refractivity contribution in [2.75, 3.05) is 19.7 Å². The fourth-order valence-electron chi connectivity index (χ4n) is 4.29. The summed E-state index contributed by atoms with van der Waals surface area (Å²) in [5.74, 6) is 0.909. The molecule has 0 N–H and O–H groups in total. The van der Waals surface area contributed by atoms with E-state index in [-0.39, 0.29) is 6.09 Å². The molecular weight excluding hydrogens is 388 g/mol. The summed E-state index contributed by atoms with van der Waals surface area (Å²) in [7, 11) is 0. The molecule has 0 radical (unpaired) electrons. The van der Waals surface area contributed by atoms with E-state index in [1.807, 2.05) is 56.0 Å². The van der Waals surface area contributed by atoms with Crippen molar-refractivity contribution in [3.63, 3.8) is 0 Å². The number of ether oxygens (including phenoxy) is 2. The average Bonchev–Trinajstić information content (AvgIpc) is 2.88. The van der Waals surface area contributed by atoms with Crippen LogP contribution in [0.2, 0.25) is 0 Å². The Morgan fingerprint density at radius 2 is 1.68 bits per heavy atom. The Kier molecular flexibility index (Phi) is 6.21. The highest BCUT2D eigenvalue weighted by Crippen LogP contribution is 2.30. The number of aryl methyl sites for hydroxylation is 1. The molecule has 0 saturated heterocycles. The molecule has 164 valence electrons. The van der Waals surface area contributed by atoms with E-state index in [0.717, 1.165) is 31.6 Å². The number of rotatable bonds is 5. The van der Waals surface area contributed by atoms with Crippen LogP contribution in [0.15, 0.2) is 54.6 Å². The van der Waals surface area contributed by atoms with Crippen molar-refractivity contribution in [2.45, 2.75) is 52.2 Å². The van der Waals surface area contributed by atoms with E-state index >= 15 is 0 Å². The van der Waals surface area contributed by atoms with Gasteiger partial charge < -0.3 is 18.9 Å². The minimum Gasteiger partial charge on any atom is -0.494 e. The van der Waals surface area contributed by atoms with E-state index < -0.39 is 5.60 Å². The highest BCUT2D eigenvalue weighted by atomic mass is 16.6. The molecule has 2 heterocycles. The first-order valence-corrected chi connectivity index (χ1v) is 11.2. The molecular formula is C26H32N2O3.